The summed E-state index contributed by atoms with van der Waals surface area (Å²) in [6, 6.07) is 4.81. The Balaban J connectivity index is 2.09. The van der Waals surface area contributed by atoms with Crippen molar-refractivity contribution in [1.29, 1.82) is 0 Å². The highest BCUT2D eigenvalue weighted by Gasteiger charge is 2.32. The van der Waals surface area contributed by atoms with Crippen molar-refractivity contribution in [3.63, 3.8) is 0 Å². The van der Waals surface area contributed by atoms with Gasteiger partial charge < -0.3 is 4.90 Å². The van der Waals surface area contributed by atoms with Crippen molar-refractivity contribution in [3.05, 3.63) is 33.8 Å². The number of likely N-dealkylation sites (N-methyl/N-ethyl adjacent to an activating group) is 1. The van der Waals surface area contributed by atoms with Gasteiger partial charge in [-0.3, -0.25) is 4.79 Å². The van der Waals surface area contributed by atoms with Crippen molar-refractivity contribution in [3.8, 4) is 0 Å². The van der Waals surface area contributed by atoms with Crippen molar-refractivity contribution in [2.24, 2.45) is 0 Å². The Kier molecular flexibility index (Phi) is 4.62. The van der Waals surface area contributed by atoms with Crippen molar-refractivity contribution in [1.82, 2.24) is 4.90 Å². The van der Waals surface area contributed by atoms with E-state index in [0.29, 0.717) is 22.0 Å². The second kappa shape index (κ2) is 5.92. The number of halogens is 2. The van der Waals surface area contributed by atoms with Crippen LogP contribution in [0.4, 0.5) is 0 Å². The zero-order valence-electron chi connectivity index (χ0n) is 11.0. The summed E-state index contributed by atoms with van der Waals surface area (Å²) in [4.78, 5) is 13.7. The summed E-state index contributed by atoms with van der Waals surface area (Å²) in [5, 5.41) is 0.886. The number of carbonyl (C=O) groups is 1. The fraction of sp³-hybridized carbons (Fsp3) is 0.462. The molecule has 2 rings (SSSR count). The number of hydrogen-bond acceptors (Lipinski definition) is 3. The standard InChI is InChI=1S/C13H15Cl2NO3S/c1-16(9-5-6-20(18,19)8-9)13(17)7-10-11(14)3-2-4-12(10)15/h2-4,9H,5-8H2,1H3. The normalized spacial score (nSPS) is 20.9. The molecule has 0 N–H and O–H groups in total. The molecule has 1 aromatic rings. The molecule has 110 valence electrons. The van der Waals surface area contributed by atoms with Crippen LogP contribution in [0.25, 0.3) is 0 Å². The number of nitrogens with zero attached hydrogens (tertiary/aromatic N) is 1. The zero-order chi connectivity index (χ0) is 14.9. The summed E-state index contributed by atoms with van der Waals surface area (Å²) in [5.41, 5.74) is 0.577. The van der Waals surface area contributed by atoms with Gasteiger partial charge in [-0.2, -0.15) is 0 Å². The largest absolute Gasteiger partial charge is 0.341 e. The van der Waals surface area contributed by atoms with Crippen LogP contribution >= 0.6 is 23.2 Å². The highest BCUT2D eigenvalue weighted by atomic mass is 35.5. The van der Waals surface area contributed by atoms with Gasteiger partial charge >= 0.3 is 0 Å². The molecular weight excluding hydrogens is 321 g/mol. The molecule has 0 aliphatic carbocycles. The van der Waals surface area contributed by atoms with Gasteiger partial charge in [-0.15, -0.1) is 0 Å². The minimum Gasteiger partial charge on any atom is -0.341 e. The highest BCUT2D eigenvalue weighted by Crippen LogP contribution is 2.26. The van der Waals surface area contributed by atoms with Crippen LogP contribution in [0.1, 0.15) is 12.0 Å². The van der Waals surface area contributed by atoms with Gasteiger partial charge in [-0.1, -0.05) is 29.3 Å². The molecule has 1 heterocycles. The van der Waals surface area contributed by atoms with Crippen molar-refractivity contribution in [2.75, 3.05) is 18.6 Å². The molecule has 4 nitrogen and oxygen atoms in total. The van der Waals surface area contributed by atoms with Crippen LogP contribution in [-0.4, -0.2) is 43.8 Å². The van der Waals surface area contributed by atoms with E-state index in [1.54, 1.807) is 25.2 Å². The minimum absolute atomic E-state index is 0.0332. The third-order valence-corrected chi connectivity index (χ3v) is 6.00. The van der Waals surface area contributed by atoms with Gasteiger partial charge in [-0.25, -0.2) is 8.42 Å². The molecular formula is C13H15Cl2NO3S. The van der Waals surface area contributed by atoms with Crippen molar-refractivity contribution in [2.45, 2.75) is 18.9 Å². The van der Waals surface area contributed by atoms with Crippen LogP contribution in [-0.2, 0) is 21.1 Å². The maximum absolute atomic E-state index is 12.2. The lowest BCUT2D eigenvalue weighted by molar-refractivity contribution is -0.130. The average Bonchev–Trinajstić information content (AvgIpc) is 2.73. The van der Waals surface area contributed by atoms with Crippen LogP contribution in [0.2, 0.25) is 10.0 Å². The first-order valence-corrected chi connectivity index (χ1v) is 8.77. The van der Waals surface area contributed by atoms with Gasteiger partial charge in [0.2, 0.25) is 5.91 Å². The van der Waals surface area contributed by atoms with Gasteiger partial charge in [0.05, 0.1) is 17.9 Å². The van der Waals surface area contributed by atoms with Crippen LogP contribution < -0.4 is 0 Å². The van der Waals surface area contributed by atoms with E-state index in [1.165, 1.54) is 4.90 Å². The highest BCUT2D eigenvalue weighted by molar-refractivity contribution is 7.91. The average molecular weight is 336 g/mol. The molecule has 1 fully saturated rings. The van der Waals surface area contributed by atoms with Crippen LogP contribution in [0.15, 0.2) is 18.2 Å². The molecule has 1 aliphatic heterocycles. The van der Waals surface area contributed by atoms with Crippen LogP contribution in [0.3, 0.4) is 0 Å². The number of sulfone groups is 1. The number of rotatable bonds is 3. The molecule has 1 unspecified atom stereocenters. The predicted molar refractivity (Wildman–Crippen MR) is 80.0 cm³/mol. The number of benzene rings is 1. The summed E-state index contributed by atoms with van der Waals surface area (Å²) >= 11 is 12.1. The molecule has 0 spiro atoms. The molecule has 7 heteroatoms. The maximum atomic E-state index is 12.2. The molecule has 0 radical (unpaired) electrons. The molecule has 1 amide bonds. The summed E-state index contributed by atoms with van der Waals surface area (Å²) in [5.74, 6) is -0.00438. The monoisotopic (exact) mass is 335 g/mol. The lowest BCUT2D eigenvalue weighted by Crippen LogP contribution is -2.38. The van der Waals surface area contributed by atoms with Gasteiger partial charge in [0, 0.05) is 23.1 Å². The van der Waals surface area contributed by atoms with Gasteiger partial charge in [0.15, 0.2) is 9.84 Å². The molecule has 1 saturated heterocycles. The third kappa shape index (κ3) is 3.45. The lowest BCUT2D eigenvalue weighted by Gasteiger charge is -2.23. The first kappa shape index (κ1) is 15.6. The summed E-state index contributed by atoms with van der Waals surface area (Å²) in [6.07, 6.45) is 0.562. The smallest absolute Gasteiger partial charge is 0.227 e. The maximum Gasteiger partial charge on any atom is 0.227 e. The van der Waals surface area contributed by atoms with E-state index in [4.69, 9.17) is 23.2 Å². The Morgan fingerprint density at radius 2 is 1.95 bits per heavy atom. The van der Waals surface area contributed by atoms with Gasteiger partial charge in [0.25, 0.3) is 0 Å². The SMILES string of the molecule is CN(C(=O)Cc1c(Cl)cccc1Cl)C1CCS(=O)(=O)C1. The Hall–Kier alpha value is -0.780. The molecule has 1 aromatic carbocycles. The van der Waals surface area contributed by atoms with Gasteiger partial charge in [-0.05, 0) is 24.1 Å². The fourth-order valence-corrected chi connectivity index (χ4v) is 4.57. The minimum atomic E-state index is -3.01. The second-order valence-electron chi connectivity index (χ2n) is 4.94. The fourth-order valence-electron chi connectivity index (χ4n) is 2.26. The van der Waals surface area contributed by atoms with Crippen molar-refractivity contribution >= 4 is 38.9 Å². The first-order chi connectivity index (χ1) is 9.30. The van der Waals surface area contributed by atoms with E-state index in [9.17, 15) is 13.2 Å². The number of hydrogen-bond donors (Lipinski definition) is 0. The van der Waals surface area contributed by atoms with Gasteiger partial charge in [0.1, 0.15) is 0 Å². The second-order valence-corrected chi connectivity index (χ2v) is 7.98. The molecule has 0 aromatic heterocycles. The summed E-state index contributed by atoms with van der Waals surface area (Å²) in [7, 11) is -1.39. The number of amides is 1. The molecule has 1 aliphatic rings. The molecule has 0 bridgehead atoms. The molecule has 0 saturated carbocycles. The van der Waals surface area contributed by atoms with Crippen molar-refractivity contribution < 1.29 is 13.2 Å². The van der Waals surface area contributed by atoms with E-state index < -0.39 is 9.84 Å². The first-order valence-electron chi connectivity index (χ1n) is 6.19. The molecule has 20 heavy (non-hydrogen) atoms. The van der Waals surface area contributed by atoms with Crippen LogP contribution in [0, 0.1) is 0 Å². The van der Waals surface area contributed by atoms with E-state index in [0.717, 1.165) is 0 Å². The van der Waals surface area contributed by atoms with E-state index in [1.807, 2.05) is 0 Å². The quantitative estimate of drug-likeness (QED) is 0.850. The zero-order valence-corrected chi connectivity index (χ0v) is 13.3. The predicted octanol–water partition coefficient (Wildman–Crippen LogP) is 2.18. The summed E-state index contributed by atoms with van der Waals surface area (Å²) < 4.78 is 22.9. The van der Waals surface area contributed by atoms with Crippen LogP contribution in [0.5, 0.6) is 0 Å². The van der Waals surface area contributed by atoms with E-state index in [2.05, 4.69) is 0 Å². The Labute approximate surface area is 128 Å². The van der Waals surface area contributed by atoms with E-state index in [-0.39, 0.29) is 29.9 Å². The Morgan fingerprint density at radius 1 is 1.35 bits per heavy atom. The number of carbonyl (C=O) groups excluding carboxylic acids is 1. The summed E-state index contributed by atoms with van der Waals surface area (Å²) in [6.45, 7) is 0. The Bertz CT molecular complexity index is 610. The molecule has 1 atom stereocenters. The van der Waals surface area contributed by atoms with E-state index >= 15 is 0 Å². The lowest BCUT2D eigenvalue weighted by atomic mass is 10.1. The third-order valence-electron chi connectivity index (χ3n) is 3.54. The topological polar surface area (TPSA) is 54.5 Å². The Morgan fingerprint density at radius 3 is 2.45 bits per heavy atom.